The van der Waals surface area contributed by atoms with Gasteiger partial charge in [-0.1, -0.05) is 13.0 Å². The molecule has 0 aliphatic carbocycles. The number of halogens is 3. The molecule has 13 heteroatoms. The molecule has 0 amide bonds. The molecule has 43 heavy (non-hydrogen) atoms. The van der Waals surface area contributed by atoms with Gasteiger partial charge in [-0.15, -0.1) is 0 Å². The van der Waals surface area contributed by atoms with Gasteiger partial charge in [-0.05, 0) is 68.4 Å². The summed E-state index contributed by atoms with van der Waals surface area (Å²) in [6.07, 6.45) is 1.51. The van der Waals surface area contributed by atoms with E-state index < -0.39 is 27.6 Å². The largest absolute Gasteiger partial charge is 0.415 e. The highest BCUT2D eigenvalue weighted by molar-refractivity contribution is 7.91. The van der Waals surface area contributed by atoms with Crippen molar-refractivity contribution in [3.63, 3.8) is 0 Å². The maximum absolute atomic E-state index is 14.0. The lowest BCUT2D eigenvalue weighted by Crippen LogP contribution is -2.45. The van der Waals surface area contributed by atoms with E-state index in [1.165, 1.54) is 29.3 Å². The Morgan fingerprint density at radius 3 is 2.44 bits per heavy atom. The lowest BCUT2D eigenvalue weighted by Gasteiger charge is -2.34. The number of fused-ring (bicyclic) bond motifs is 1. The fourth-order valence-corrected chi connectivity index (χ4v) is 6.94. The van der Waals surface area contributed by atoms with E-state index in [4.69, 9.17) is 14.7 Å². The first-order valence-corrected chi connectivity index (χ1v) is 15.8. The van der Waals surface area contributed by atoms with Crippen LogP contribution in [0.5, 0.6) is 0 Å². The number of sulfone groups is 1. The van der Waals surface area contributed by atoms with E-state index in [1.807, 2.05) is 20.8 Å². The highest BCUT2D eigenvalue weighted by Gasteiger charge is 2.41. The van der Waals surface area contributed by atoms with Crippen LogP contribution >= 0.6 is 0 Å². The molecule has 1 saturated heterocycles. The summed E-state index contributed by atoms with van der Waals surface area (Å²) in [5.41, 5.74) is 1.01. The Balaban J connectivity index is 1.54. The third kappa shape index (κ3) is 7.00. The summed E-state index contributed by atoms with van der Waals surface area (Å²) < 4.78 is 72.7. The average molecular weight is 617 g/mol. The Bertz CT molecular complexity index is 1630. The normalized spacial score (nSPS) is 21.7. The third-order valence-electron chi connectivity index (χ3n) is 7.35. The number of allylic oxidation sites excluding steroid dienone is 2. The molecule has 0 bridgehead atoms. The molecule has 2 aromatic heterocycles. The third-order valence-corrected chi connectivity index (χ3v) is 9.29. The van der Waals surface area contributed by atoms with Crippen molar-refractivity contribution in [1.82, 2.24) is 24.8 Å². The van der Waals surface area contributed by atoms with E-state index in [0.717, 1.165) is 6.08 Å². The van der Waals surface area contributed by atoms with E-state index in [2.05, 4.69) is 15.2 Å². The molecule has 3 atom stereocenters. The summed E-state index contributed by atoms with van der Waals surface area (Å²) in [5.74, 6) is 0.900. The predicted octanol–water partition coefficient (Wildman–Crippen LogP) is 5.55. The fourth-order valence-electron chi connectivity index (χ4n) is 5.62. The number of pyridine rings is 1. The minimum absolute atomic E-state index is 0.0278. The molecular weight excluding hydrogens is 581 g/mol. The van der Waals surface area contributed by atoms with Crippen LogP contribution in [0.3, 0.4) is 0 Å². The van der Waals surface area contributed by atoms with Gasteiger partial charge in [-0.3, -0.25) is 9.88 Å². The molecule has 1 fully saturated rings. The first-order chi connectivity index (χ1) is 20.3. The van der Waals surface area contributed by atoms with E-state index in [1.54, 1.807) is 31.4 Å². The van der Waals surface area contributed by atoms with Crippen LogP contribution in [-0.2, 0) is 21.1 Å². The minimum atomic E-state index is -4.53. The van der Waals surface area contributed by atoms with Crippen LogP contribution in [0.25, 0.3) is 11.0 Å². The van der Waals surface area contributed by atoms with Crippen molar-refractivity contribution in [2.24, 2.45) is 0 Å². The number of rotatable bonds is 8. The van der Waals surface area contributed by atoms with Gasteiger partial charge < -0.3 is 15.0 Å². The van der Waals surface area contributed by atoms with Gasteiger partial charge in [0, 0.05) is 32.0 Å². The van der Waals surface area contributed by atoms with Crippen molar-refractivity contribution in [3.05, 3.63) is 71.8 Å². The van der Waals surface area contributed by atoms with Gasteiger partial charge >= 0.3 is 6.18 Å². The van der Waals surface area contributed by atoms with Crippen molar-refractivity contribution >= 4 is 32.4 Å². The molecule has 2 aliphatic heterocycles. The molecule has 230 valence electrons. The van der Waals surface area contributed by atoms with E-state index >= 15 is 0 Å². The van der Waals surface area contributed by atoms with Crippen LogP contribution in [0.1, 0.15) is 44.6 Å². The van der Waals surface area contributed by atoms with Crippen LogP contribution in [0.15, 0.2) is 65.3 Å². The maximum Gasteiger partial charge on any atom is 0.415 e. The summed E-state index contributed by atoms with van der Waals surface area (Å²) in [4.78, 5) is 17.9. The molecule has 5 rings (SSSR count). The smallest absolute Gasteiger partial charge is 0.373 e. The van der Waals surface area contributed by atoms with Gasteiger partial charge in [0.15, 0.2) is 15.7 Å². The molecule has 4 heterocycles. The Morgan fingerprint density at radius 1 is 1.09 bits per heavy atom. The number of likely N-dealkylation sites (N-methyl/N-ethyl adjacent to an activating group) is 1. The number of ether oxygens (including phenoxy) is 1. The van der Waals surface area contributed by atoms with Crippen LogP contribution in [0.2, 0.25) is 0 Å². The van der Waals surface area contributed by atoms with Crippen LogP contribution in [0, 0.1) is 0 Å². The van der Waals surface area contributed by atoms with Crippen LogP contribution in [0.4, 0.5) is 24.7 Å². The highest BCUT2D eigenvalue weighted by atomic mass is 32.2. The number of alkyl halides is 3. The Morgan fingerprint density at radius 2 is 1.79 bits per heavy atom. The van der Waals surface area contributed by atoms with Gasteiger partial charge in [0.05, 0.1) is 46.5 Å². The van der Waals surface area contributed by atoms with Crippen molar-refractivity contribution in [2.45, 2.75) is 63.1 Å². The number of aromatic nitrogens is 3. The molecule has 2 aliphatic rings. The summed E-state index contributed by atoms with van der Waals surface area (Å²) in [7, 11) is -1.79. The van der Waals surface area contributed by atoms with Gasteiger partial charge in [0.2, 0.25) is 0 Å². The van der Waals surface area contributed by atoms with Crippen molar-refractivity contribution in [2.75, 3.05) is 31.2 Å². The second-order valence-electron chi connectivity index (χ2n) is 11.1. The lowest BCUT2D eigenvalue weighted by molar-refractivity contribution is -0.100. The molecule has 0 spiro atoms. The zero-order chi connectivity index (χ0) is 30.9. The molecular formula is C30H35F3N6O3S. The van der Waals surface area contributed by atoms with Crippen molar-refractivity contribution in [1.29, 1.82) is 0 Å². The van der Waals surface area contributed by atoms with Gasteiger partial charge in [-0.25, -0.2) is 18.4 Å². The first kappa shape index (κ1) is 30.9. The van der Waals surface area contributed by atoms with Crippen LogP contribution in [-0.4, -0.2) is 77.4 Å². The Kier molecular flexibility index (Phi) is 8.77. The summed E-state index contributed by atoms with van der Waals surface area (Å²) in [6.45, 7) is 7.57. The summed E-state index contributed by atoms with van der Waals surface area (Å²) in [6, 6.07) is 6.92. The second kappa shape index (κ2) is 12.2. The Labute approximate surface area is 249 Å². The molecule has 1 N–H and O–H groups in total. The fraction of sp³-hybridized carbons (Fsp3) is 0.433. The zero-order valence-electron chi connectivity index (χ0n) is 24.5. The van der Waals surface area contributed by atoms with E-state index in [0.29, 0.717) is 60.0 Å². The first-order valence-electron chi connectivity index (χ1n) is 14.2. The quantitative estimate of drug-likeness (QED) is 0.349. The van der Waals surface area contributed by atoms with E-state index in [-0.39, 0.29) is 22.9 Å². The molecule has 1 unspecified atom stereocenters. The summed E-state index contributed by atoms with van der Waals surface area (Å²) in [5, 5.41) is 3.23. The molecule has 3 aromatic rings. The topological polar surface area (TPSA) is 101 Å². The zero-order valence-corrected chi connectivity index (χ0v) is 25.3. The average Bonchev–Trinajstić information content (AvgIpc) is 2.92. The molecule has 9 nitrogen and oxygen atoms in total. The number of anilines is 2. The SMILES string of the molecule is CCCS(=O)(=O)c1ccc(Nc2nc(CN3C[C@@H](C)O[C@@H](C)C3)nc3cc(C4C(C(F)(F)F)=CC=CN4C)cnc23)cc1. The van der Waals surface area contributed by atoms with Gasteiger partial charge in [0.1, 0.15) is 11.3 Å². The maximum atomic E-state index is 14.0. The number of benzene rings is 1. The van der Waals surface area contributed by atoms with Crippen molar-refractivity contribution in [3.8, 4) is 0 Å². The number of morpholine rings is 1. The number of nitrogens with zero attached hydrogens (tertiary/aromatic N) is 5. The van der Waals surface area contributed by atoms with E-state index in [9.17, 15) is 21.6 Å². The standard InChI is InChI=1S/C30H35F3N6O3S/c1-5-13-43(40,41)23-10-8-22(9-11-23)35-29-27-25(36-26(37-29)18-39-16-19(2)42-20(3)17-39)14-21(15-34-27)28-24(30(31,32)33)7-6-12-38(28)4/h6-12,14-15,19-20,28H,5,13,16-18H2,1-4H3,(H,35,36,37)/t19-,20+,28?. The van der Waals surface area contributed by atoms with Crippen LogP contribution < -0.4 is 5.32 Å². The number of nitrogens with one attached hydrogen (secondary N) is 1. The minimum Gasteiger partial charge on any atom is -0.373 e. The molecule has 1 aromatic carbocycles. The molecule has 0 saturated carbocycles. The lowest BCUT2D eigenvalue weighted by atomic mass is 9.95. The highest BCUT2D eigenvalue weighted by Crippen LogP contribution is 2.41. The second-order valence-corrected chi connectivity index (χ2v) is 13.2. The summed E-state index contributed by atoms with van der Waals surface area (Å²) >= 11 is 0. The van der Waals surface area contributed by atoms with Gasteiger partial charge in [0.25, 0.3) is 0 Å². The number of hydrogen-bond acceptors (Lipinski definition) is 9. The Hall–Kier alpha value is -3.55. The predicted molar refractivity (Wildman–Crippen MR) is 158 cm³/mol. The monoisotopic (exact) mass is 616 g/mol. The number of hydrogen-bond donors (Lipinski definition) is 1. The molecule has 0 radical (unpaired) electrons. The van der Waals surface area contributed by atoms with Gasteiger partial charge in [-0.2, -0.15) is 13.2 Å². The van der Waals surface area contributed by atoms with Crippen molar-refractivity contribution < 1.29 is 26.3 Å².